The van der Waals surface area contributed by atoms with Gasteiger partial charge in [-0.3, -0.25) is 14.4 Å². The van der Waals surface area contributed by atoms with Crippen LogP contribution in [0.1, 0.15) is 139 Å². The van der Waals surface area contributed by atoms with Gasteiger partial charge in [0, 0.05) is 19.4 Å². The topological polar surface area (TPSA) is 164 Å². The van der Waals surface area contributed by atoms with Gasteiger partial charge in [-0.05, 0) is 92.3 Å². The highest BCUT2D eigenvalue weighted by molar-refractivity contribution is 14.1. The highest BCUT2D eigenvalue weighted by Crippen LogP contribution is 2.65. The van der Waals surface area contributed by atoms with Crippen molar-refractivity contribution in [2.45, 2.75) is 168 Å². The van der Waals surface area contributed by atoms with Crippen LogP contribution in [0, 0.1) is 34.5 Å². The number of rotatable bonds is 14. The highest BCUT2D eigenvalue weighted by Gasteiger charge is 2.69. The van der Waals surface area contributed by atoms with Crippen molar-refractivity contribution in [3.63, 3.8) is 0 Å². The molecule has 1 aliphatic heterocycles. The monoisotopic (exact) mass is 849 g/mol. The maximum Gasteiger partial charge on any atom is 0.240 e. The Labute approximate surface area is 322 Å². The van der Waals surface area contributed by atoms with E-state index in [1.165, 1.54) is 0 Å². The van der Waals surface area contributed by atoms with Crippen LogP contribution in [0.4, 0.5) is 0 Å². The Morgan fingerprint density at radius 3 is 2.08 bits per heavy atom. The first kappa shape index (κ1) is 45.9. The van der Waals surface area contributed by atoms with Crippen molar-refractivity contribution in [2.24, 2.45) is 45.2 Å². The summed E-state index contributed by atoms with van der Waals surface area (Å²) in [6, 6.07) is -1.16. The molecule has 12 heteroatoms. The van der Waals surface area contributed by atoms with Crippen LogP contribution in [-0.4, -0.2) is 87.7 Å². The van der Waals surface area contributed by atoms with Gasteiger partial charge in [0.05, 0.1) is 28.1 Å². The number of hydrogen-bond acceptors (Lipinski definition) is 9. The first-order chi connectivity index (χ1) is 23.5. The van der Waals surface area contributed by atoms with Gasteiger partial charge in [-0.15, -0.1) is 0 Å². The van der Waals surface area contributed by atoms with E-state index in [0.717, 1.165) is 44.9 Å². The smallest absolute Gasteiger partial charge is 0.240 e. The average Bonchev–Trinajstić information content (AvgIpc) is 3.89. The molecule has 0 bridgehead atoms. The van der Waals surface area contributed by atoms with E-state index in [0.29, 0.717) is 44.1 Å². The number of aliphatic hydroxyl groups is 1. The molecule has 0 aromatic heterocycles. The molecule has 10 nitrogen and oxygen atoms in total. The minimum Gasteiger partial charge on any atom is -0.385 e. The number of Topliss-reactive ketones (excluding diaryl/α,β-unsaturated/α-hetero) is 2. The minimum absolute atomic E-state index is 0.0168. The molecule has 3 aliphatic carbocycles. The predicted molar refractivity (Wildman–Crippen MR) is 212 cm³/mol. The first-order valence-electron chi connectivity index (χ1n) is 19.0. The molecule has 4 aliphatic rings. The number of nitrogens with two attached hydrogens (primary N) is 1. The van der Waals surface area contributed by atoms with Gasteiger partial charge >= 0.3 is 0 Å². The van der Waals surface area contributed by atoms with E-state index in [4.69, 9.17) is 5.73 Å². The number of ketones is 2. The van der Waals surface area contributed by atoms with Crippen molar-refractivity contribution < 1.29 is 32.7 Å². The lowest BCUT2D eigenvalue weighted by Crippen LogP contribution is -2.55. The number of amides is 1. The number of aliphatic hydroxyl groups excluding tert-OH is 1. The number of carbonyl (C=O) groups excluding carboxylic acids is 4. The molecule has 4 rings (SSSR count). The van der Waals surface area contributed by atoms with E-state index in [1.54, 1.807) is 31.8 Å². The molecule has 0 aromatic carbocycles. The second-order valence-corrected chi connectivity index (χ2v) is 21.0. The number of piperidine rings is 1. The van der Waals surface area contributed by atoms with Gasteiger partial charge in [-0.2, -0.15) is 4.99 Å². The van der Waals surface area contributed by atoms with Gasteiger partial charge in [0.15, 0.2) is 21.4 Å². The minimum atomic E-state index is -3.25. The number of halogens is 1. The Morgan fingerprint density at radius 1 is 1.04 bits per heavy atom. The molecule has 6 atom stereocenters. The third kappa shape index (κ3) is 11.9. The van der Waals surface area contributed by atoms with Crippen molar-refractivity contribution >= 4 is 56.0 Å². The van der Waals surface area contributed by atoms with Crippen molar-refractivity contribution in [1.29, 1.82) is 0 Å². The van der Waals surface area contributed by atoms with Crippen LogP contribution in [0.15, 0.2) is 4.99 Å². The van der Waals surface area contributed by atoms with Gasteiger partial charge < -0.3 is 15.7 Å². The van der Waals surface area contributed by atoms with Gasteiger partial charge in [0.2, 0.25) is 12.0 Å². The molecule has 294 valence electrons. The number of isocyanates is 1. The van der Waals surface area contributed by atoms with E-state index in [9.17, 15) is 32.7 Å². The third-order valence-corrected chi connectivity index (χ3v) is 14.6. The summed E-state index contributed by atoms with van der Waals surface area (Å²) in [6.07, 6.45) is 9.94. The largest absolute Gasteiger partial charge is 0.385 e. The standard InChI is InChI=1S/C26H44N2O4.C12H21NO3S.CH3I/c1-7-8-9-16(22(31)19(30)12-15-10-11-15)13-18(29)21-20-17(26(20,5)6)14-28(21)24(32)23(27)25(2,3)4;1-11(2,3)17(15,16)9-12(13-10-14)7-5-4-6-8-12;1-2/h15-17,20-23,31H,7-14,27H2,1-6H3;4-9H2,1-3H3;1H3/t16-,17+,20+,21-,22+,23-;;/m1../s1. The summed E-state index contributed by atoms with van der Waals surface area (Å²) in [4.78, 5) is 57.5. The zero-order chi connectivity index (χ0) is 39.2. The lowest BCUT2D eigenvalue weighted by Gasteiger charge is -2.36. The number of hydrogen-bond donors (Lipinski definition) is 2. The van der Waals surface area contributed by atoms with Crippen LogP contribution in [0.2, 0.25) is 0 Å². The molecule has 0 aromatic rings. The van der Waals surface area contributed by atoms with Crippen molar-refractivity contribution in [3.05, 3.63) is 0 Å². The molecule has 51 heavy (non-hydrogen) atoms. The molecule has 1 heterocycles. The Hall–Kier alpha value is -1.21. The summed E-state index contributed by atoms with van der Waals surface area (Å²) in [6.45, 7) is 17.8. The highest BCUT2D eigenvalue weighted by atomic mass is 127. The van der Waals surface area contributed by atoms with E-state index < -0.39 is 38.3 Å². The van der Waals surface area contributed by atoms with Crippen LogP contribution < -0.4 is 5.73 Å². The van der Waals surface area contributed by atoms with Gasteiger partial charge in [-0.1, -0.05) is 96.2 Å². The number of nitrogens with zero attached hydrogens (tertiary/aromatic N) is 2. The number of alkyl halides is 1. The lowest BCUT2D eigenvalue weighted by atomic mass is 9.83. The molecule has 0 spiro atoms. The van der Waals surface area contributed by atoms with Crippen molar-refractivity contribution in [1.82, 2.24) is 4.90 Å². The van der Waals surface area contributed by atoms with Gasteiger partial charge in [0.25, 0.3) is 0 Å². The number of unbranched alkanes of at least 4 members (excludes halogenated alkanes) is 1. The van der Waals surface area contributed by atoms with Gasteiger partial charge in [-0.25, -0.2) is 13.2 Å². The van der Waals surface area contributed by atoms with Crippen molar-refractivity contribution in [2.75, 3.05) is 17.2 Å². The van der Waals surface area contributed by atoms with Crippen molar-refractivity contribution in [3.8, 4) is 0 Å². The van der Waals surface area contributed by atoms with Gasteiger partial charge in [0.1, 0.15) is 6.10 Å². The SMILES string of the molecule is CC(C)(C)S(=O)(=O)CC1(N=C=O)CCCCC1.CCCC[C@H](CC(=O)[C@@H]1[C@@H]2[C@H](CN1C(=O)[C@@H](N)C(C)(C)C)C2(C)C)[C@H](O)C(=O)CC1CC1.CI. The molecule has 3 N–H and O–H groups in total. The Balaban J connectivity index is 0.000000400. The molecule has 4 fully saturated rings. The molecule has 1 amide bonds. The molecule has 0 radical (unpaired) electrons. The average molecular weight is 850 g/mol. The molecule has 0 unspecified atom stereocenters. The van der Waals surface area contributed by atoms with E-state index in [2.05, 4.69) is 48.4 Å². The Kier molecular flexibility index (Phi) is 16.6. The normalized spacial score (nSPS) is 25.4. The van der Waals surface area contributed by atoms with E-state index in [-0.39, 0.29) is 52.3 Å². The summed E-state index contributed by atoms with van der Waals surface area (Å²) in [7, 11) is -3.25. The van der Waals surface area contributed by atoms with Crippen LogP contribution in [0.3, 0.4) is 0 Å². The van der Waals surface area contributed by atoms with Crippen LogP contribution in [0.5, 0.6) is 0 Å². The maximum atomic E-state index is 13.6. The maximum absolute atomic E-state index is 13.6. The zero-order valence-electron chi connectivity index (χ0n) is 33.1. The second kappa shape index (κ2) is 18.4. The van der Waals surface area contributed by atoms with Crippen LogP contribution in [0.25, 0.3) is 0 Å². The van der Waals surface area contributed by atoms with E-state index in [1.807, 2.05) is 25.7 Å². The summed E-state index contributed by atoms with van der Waals surface area (Å²) >= 11 is 2.15. The lowest BCUT2D eigenvalue weighted by molar-refractivity contribution is -0.143. The number of aliphatic imine (C=N–C) groups is 1. The summed E-state index contributed by atoms with van der Waals surface area (Å²) in [5.41, 5.74) is 5.21. The summed E-state index contributed by atoms with van der Waals surface area (Å²) < 4.78 is 23.6. The molecular formula is C39H68IN3O7S. The van der Waals surface area contributed by atoms with E-state index >= 15 is 0 Å². The fourth-order valence-corrected chi connectivity index (χ4v) is 9.30. The number of likely N-dealkylation sites (tertiary alicyclic amines) is 1. The van der Waals surface area contributed by atoms with Crippen LogP contribution >= 0.6 is 22.6 Å². The quantitative estimate of drug-likeness (QED) is 0.0852. The fraction of sp³-hybridized carbons (Fsp3) is 0.897. The Bertz CT molecular complexity index is 1350. The molecule has 3 saturated carbocycles. The zero-order valence-corrected chi connectivity index (χ0v) is 36.1. The Morgan fingerprint density at radius 2 is 1.61 bits per heavy atom. The number of carbonyl (C=O) groups is 3. The summed E-state index contributed by atoms with van der Waals surface area (Å²) in [5.74, 6) is 0.155. The van der Waals surface area contributed by atoms with Crippen LogP contribution in [-0.2, 0) is 29.0 Å². The predicted octanol–water partition coefficient (Wildman–Crippen LogP) is 6.63. The first-order valence-corrected chi connectivity index (χ1v) is 22.8. The second-order valence-electron chi connectivity index (χ2n) is 18.2. The number of fused-ring (bicyclic) bond motifs is 1. The third-order valence-electron chi connectivity index (χ3n) is 11.8. The summed E-state index contributed by atoms with van der Waals surface area (Å²) in [5, 5.41) is 10.8. The molecule has 1 saturated heterocycles. The fourth-order valence-electron chi connectivity index (χ4n) is 7.80. The number of sulfone groups is 1. The molecular weight excluding hydrogens is 781 g/mol.